The van der Waals surface area contributed by atoms with Gasteiger partial charge in [0.25, 0.3) is 5.91 Å². The number of hydrogen-bond donors (Lipinski definition) is 2. The summed E-state index contributed by atoms with van der Waals surface area (Å²) in [6.07, 6.45) is 3.81. The molecule has 0 spiro atoms. The normalized spacial score (nSPS) is 18.9. The lowest BCUT2D eigenvalue weighted by Gasteiger charge is -2.24. The summed E-state index contributed by atoms with van der Waals surface area (Å²) in [5.74, 6) is 0.0411. The summed E-state index contributed by atoms with van der Waals surface area (Å²) in [6.45, 7) is 2.03. The van der Waals surface area contributed by atoms with Gasteiger partial charge in [0.1, 0.15) is 0 Å². The number of nitrogens with one attached hydrogen (secondary N) is 2. The predicted molar refractivity (Wildman–Crippen MR) is 78.6 cm³/mol. The molecule has 0 aliphatic carbocycles. The minimum Gasteiger partial charge on any atom is -0.383 e. The van der Waals surface area contributed by atoms with Crippen LogP contribution in [0.4, 0.5) is 5.69 Å². The standard InChI is InChI=1S/C15H23N3O/c1-18(2)15(19)12-6-5-8-13(10-12)17-11-14-7-3-4-9-16-14/h5-6,8,10,14,16-17H,3-4,7,9,11H2,1-2H3. The molecule has 1 unspecified atom stereocenters. The van der Waals surface area contributed by atoms with Gasteiger partial charge in [-0.25, -0.2) is 0 Å². The first-order valence-corrected chi connectivity index (χ1v) is 6.96. The second-order valence-corrected chi connectivity index (χ2v) is 5.31. The van der Waals surface area contributed by atoms with Gasteiger partial charge in [0.2, 0.25) is 0 Å². The summed E-state index contributed by atoms with van der Waals surface area (Å²) in [4.78, 5) is 13.5. The van der Waals surface area contributed by atoms with Crippen LogP contribution < -0.4 is 10.6 Å². The number of carbonyl (C=O) groups excluding carboxylic acids is 1. The van der Waals surface area contributed by atoms with E-state index in [1.54, 1.807) is 19.0 Å². The highest BCUT2D eigenvalue weighted by atomic mass is 16.2. The van der Waals surface area contributed by atoms with Crippen LogP contribution >= 0.6 is 0 Å². The molecule has 2 N–H and O–H groups in total. The van der Waals surface area contributed by atoms with Gasteiger partial charge < -0.3 is 15.5 Å². The lowest BCUT2D eigenvalue weighted by molar-refractivity contribution is 0.0827. The molecule has 19 heavy (non-hydrogen) atoms. The predicted octanol–water partition coefficient (Wildman–Crippen LogP) is 1.94. The van der Waals surface area contributed by atoms with Crippen LogP contribution in [0.25, 0.3) is 0 Å². The molecule has 1 aliphatic rings. The van der Waals surface area contributed by atoms with Gasteiger partial charge in [-0.05, 0) is 37.6 Å². The Morgan fingerprint density at radius 1 is 1.42 bits per heavy atom. The van der Waals surface area contributed by atoms with E-state index in [1.807, 2.05) is 24.3 Å². The van der Waals surface area contributed by atoms with E-state index in [0.717, 1.165) is 24.3 Å². The van der Waals surface area contributed by atoms with E-state index in [4.69, 9.17) is 0 Å². The molecular formula is C15H23N3O. The van der Waals surface area contributed by atoms with Crippen molar-refractivity contribution in [1.82, 2.24) is 10.2 Å². The van der Waals surface area contributed by atoms with Gasteiger partial charge in [0.15, 0.2) is 0 Å². The third kappa shape index (κ3) is 3.96. The highest BCUT2D eigenvalue weighted by Crippen LogP contribution is 2.13. The van der Waals surface area contributed by atoms with Crippen molar-refractivity contribution in [2.45, 2.75) is 25.3 Å². The van der Waals surface area contributed by atoms with E-state index < -0.39 is 0 Å². The third-order valence-corrected chi connectivity index (χ3v) is 3.48. The lowest BCUT2D eigenvalue weighted by atomic mass is 10.0. The van der Waals surface area contributed by atoms with Crippen LogP contribution in [0.5, 0.6) is 0 Å². The molecule has 1 fully saturated rings. The molecule has 0 saturated carbocycles. The summed E-state index contributed by atoms with van der Waals surface area (Å²) < 4.78 is 0. The zero-order valence-corrected chi connectivity index (χ0v) is 11.8. The van der Waals surface area contributed by atoms with Gasteiger partial charge in [-0.1, -0.05) is 12.5 Å². The van der Waals surface area contributed by atoms with Crippen molar-refractivity contribution in [2.75, 3.05) is 32.5 Å². The van der Waals surface area contributed by atoms with Crippen molar-refractivity contribution in [3.8, 4) is 0 Å². The molecule has 1 aromatic rings. The molecule has 1 atom stereocenters. The fourth-order valence-electron chi connectivity index (χ4n) is 2.36. The Bertz CT molecular complexity index is 425. The third-order valence-electron chi connectivity index (χ3n) is 3.48. The Morgan fingerprint density at radius 2 is 2.26 bits per heavy atom. The van der Waals surface area contributed by atoms with Crippen molar-refractivity contribution in [2.24, 2.45) is 0 Å². The smallest absolute Gasteiger partial charge is 0.253 e. The molecule has 0 aromatic heterocycles. The summed E-state index contributed by atoms with van der Waals surface area (Å²) in [5, 5.41) is 6.92. The van der Waals surface area contributed by atoms with Crippen molar-refractivity contribution >= 4 is 11.6 Å². The first-order valence-electron chi connectivity index (χ1n) is 6.96. The number of piperidine rings is 1. The highest BCUT2D eigenvalue weighted by Gasteiger charge is 2.12. The maximum Gasteiger partial charge on any atom is 0.253 e. The maximum atomic E-state index is 11.9. The Hall–Kier alpha value is -1.55. The molecule has 104 valence electrons. The van der Waals surface area contributed by atoms with E-state index in [0.29, 0.717) is 6.04 Å². The second kappa shape index (κ2) is 6.57. The fraction of sp³-hybridized carbons (Fsp3) is 0.533. The average Bonchev–Trinajstić information content (AvgIpc) is 2.45. The molecule has 4 nitrogen and oxygen atoms in total. The lowest BCUT2D eigenvalue weighted by Crippen LogP contribution is -2.39. The highest BCUT2D eigenvalue weighted by molar-refractivity contribution is 5.94. The molecular weight excluding hydrogens is 238 g/mol. The molecule has 1 aliphatic heterocycles. The SMILES string of the molecule is CN(C)C(=O)c1cccc(NCC2CCCCN2)c1. The Morgan fingerprint density at radius 3 is 2.95 bits per heavy atom. The van der Waals surface area contributed by atoms with Crippen molar-refractivity contribution in [3.05, 3.63) is 29.8 Å². The molecule has 1 saturated heterocycles. The van der Waals surface area contributed by atoms with Crippen molar-refractivity contribution in [1.29, 1.82) is 0 Å². The Labute approximate surface area is 115 Å². The molecule has 1 heterocycles. The Balaban J connectivity index is 1.93. The minimum absolute atomic E-state index is 0.0411. The van der Waals surface area contributed by atoms with Crippen LogP contribution in [0.2, 0.25) is 0 Å². The van der Waals surface area contributed by atoms with E-state index in [2.05, 4.69) is 10.6 Å². The zero-order chi connectivity index (χ0) is 13.7. The summed E-state index contributed by atoms with van der Waals surface area (Å²) in [6, 6.07) is 8.25. The van der Waals surface area contributed by atoms with Gasteiger partial charge in [-0.2, -0.15) is 0 Å². The molecule has 1 aromatic carbocycles. The molecule has 4 heteroatoms. The van der Waals surface area contributed by atoms with Crippen LogP contribution in [0.3, 0.4) is 0 Å². The van der Waals surface area contributed by atoms with E-state index in [-0.39, 0.29) is 5.91 Å². The fourth-order valence-corrected chi connectivity index (χ4v) is 2.36. The van der Waals surface area contributed by atoms with Crippen molar-refractivity contribution < 1.29 is 4.79 Å². The summed E-state index contributed by atoms with van der Waals surface area (Å²) >= 11 is 0. The summed E-state index contributed by atoms with van der Waals surface area (Å²) in [5.41, 5.74) is 1.74. The zero-order valence-electron chi connectivity index (χ0n) is 11.8. The van der Waals surface area contributed by atoms with Crippen LogP contribution in [-0.4, -0.2) is 44.0 Å². The van der Waals surface area contributed by atoms with Crippen LogP contribution in [-0.2, 0) is 0 Å². The first-order chi connectivity index (χ1) is 9.16. The van der Waals surface area contributed by atoms with E-state index >= 15 is 0 Å². The second-order valence-electron chi connectivity index (χ2n) is 5.31. The van der Waals surface area contributed by atoms with Gasteiger partial charge in [0, 0.05) is 37.9 Å². The maximum absolute atomic E-state index is 11.9. The number of amides is 1. The largest absolute Gasteiger partial charge is 0.383 e. The number of nitrogens with zero attached hydrogens (tertiary/aromatic N) is 1. The van der Waals surface area contributed by atoms with Gasteiger partial charge in [-0.15, -0.1) is 0 Å². The monoisotopic (exact) mass is 261 g/mol. The number of rotatable bonds is 4. The quantitative estimate of drug-likeness (QED) is 0.870. The average molecular weight is 261 g/mol. The minimum atomic E-state index is 0.0411. The molecule has 2 rings (SSSR count). The van der Waals surface area contributed by atoms with Gasteiger partial charge >= 0.3 is 0 Å². The van der Waals surface area contributed by atoms with E-state index in [1.165, 1.54) is 19.3 Å². The number of carbonyl (C=O) groups is 1. The number of benzene rings is 1. The van der Waals surface area contributed by atoms with Gasteiger partial charge in [-0.3, -0.25) is 4.79 Å². The Kier molecular flexibility index (Phi) is 4.80. The van der Waals surface area contributed by atoms with Gasteiger partial charge in [0.05, 0.1) is 0 Å². The van der Waals surface area contributed by atoms with Crippen molar-refractivity contribution in [3.63, 3.8) is 0 Å². The summed E-state index contributed by atoms with van der Waals surface area (Å²) in [7, 11) is 3.54. The topological polar surface area (TPSA) is 44.4 Å². The number of hydrogen-bond acceptors (Lipinski definition) is 3. The van der Waals surface area contributed by atoms with E-state index in [9.17, 15) is 4.79 Å². The van der Waals surface area contributed by atoms with Crippen LogP contribution in [0, 0.1) is 0 Å². The first kappa shape index (κ1) is 13.9. The molecule has 1 amide bonds. The van der Waals surface area contributed by atoms with Crippen LogP contribution in [0.15, 0.2) is 24.3 Å². The molecule has 0 radical (unpaired) electrons. The number of anilines is 1. The molecule has 0 bridgehead atoms. The van der Waals surface area contributed by atoms with Crippen LogP contribution in [0.1, 0.15) is 29.6 Å².